The van der Waals surface area contributed by atoms with Crippen molar-refractivity contribution in [2.24, 2.45) is 13.0 Å². The largest absolute Gasteiger partial charge is 0.444 e. The first-order valence-electron chi connectivity index (χ1n) is 13.3. The van der Waals surface area contributed by atoms with Crippen LogP contribution in [0.2, 0.25) is 0 Å². The van der Waals surface area contributed by atoms with Crippen LogP contribution in [0.4, 0.5) is 10.6 Å². The summed E-state index contributed by atoms with van der Waals surface area (Å²) in [6.07, 6.45) is 6.22. The second-order valence-corrected chi connectivity index (χ2v) is 11.4. The maximum Gasteiger partial charge on any atom is 0.410 e. The van der Waals surface area contributed by atoms with Crippen LogP contribution in [0.25, 0.3) is 17.0 Å². The number of allylic oxidation sites excluding steroid dienone is 1. The number of rotatable bonds is 3. The van der Waals surface area contributed by atoms with Crippen LogP contribution in [0.1, 0.15) is 69.0 Å². The van der Waals surface area contributed by atoms with Crippen LogP contribution in [0, 0.1) is 24.7 Å². The number of fused-ring (bicyclic) bond motifs is 2. The Bertz CT molecular complexity index is 1500. The molecule has 0 radical (unpaired) electrons. The first kappa shape index (κ1) is 26.8. The Labute approximate surface area is 229 Å². The molecule has 0 aromatic carbocycles. The summed E-state index contributed by atoms with van der Waals surface area (Å²) < 4.78 is 15.2. The molecule has 1 amide bonds. The van der Waals surface area contributed by atoms with Crippen LogP contribution in [0.15, 0.2) is 18.3 Å². The van der Waals surface area contributed by atoms with Crippen LogP contribution in [0.5, 0.6) is 0 Å². The second kappa shape index (κ2) is 10.0. The van der Waals surface area contributed by atoms with Crippen LogP contribution in [0.3, 0.4) is 0 Å². The SMILES string of the molecule is COC[C@H]1C[C@H](n2nc(C#CC3C=Cc4c(nc(C)n4C)C3C)c3c(N)nccc32)CN1C(=O)OC(C)(C)C. The van der Waals surface area contributed by atoms with Crippen LogP contribution in [-0.4, -0.2) is 67.2 Å². The Morgan fingerprint density at radius 3 is 2.79 bits per heavy atom. The third-order valence-corrected chi connectivity index (χ3v) is 7.56. The van der Waals surface area contributed by atoms with E-state index in [0.717, 1.165) is 28.1 Å². The molecule has 4 atom stereocenters. The number of hydrogen-bond acceptors (Lipinski definition) is 7. The van der Waals surface area contributed by atoms with E-state index in [2.05, 4.69) is 40.5 Å². The van der Waals surface area contributed by atoms with Crippen molar-refractivity contribution >= 4 is 28.9 Å². The van der Waals surface area contributed by atoms with Gasteiger partial charge in [0.05, 0.1) is 41.0 Å². The lowest BCUT2D eigenvalue weighted by Crippen LogP contribution is -2.41. The lowest BCUT2D eigenvalue weighted by molar-refractivity contribution is 0.0145. The first-order valence-corrected chi connectivity index (χ1v) is 13.3. The van der Waals surface area contributed by atoms with E-state index in [-0.39, 0.29) is 30.0 Å². The zero-order valence-corrected chi connectivity index (χ0v) is 23.7. The summed E-state index contributed by atoms with van der Waals surface area (Å²) in [5.74, 6) is 8.22. The molecule has 1 aliphatic carbocycles. The molecule has 2 unspecified atom stereocenters. The number of aromatic nitrogens is 5. The molecule has 4 heterocycles. The molecule has 0 spiro atoms. The number of nitrogens with two attached hydrogens (primary N) is 1. The molecule has 0 bridgehead atoms. The van der Waals surface area contributed by atoms with Crippen LogP contribution >= 0.6 is 0 Å². The average Bonchev–Trinajstić information content (AvgIpc) is 3.53. The number of likely N-dealkylation sites (tertiary alicyclic amines) is 1. The van der Waals surface area contributed by atoms with Gasteiger partial charge in [-0.2, -0.15) is 5.10 Å². The molecule has 10 heteroatoms. The standard InChI is InChI=1S/C29H37N7O3/c1-17-19(9-11-24-26(17)32-18(2)34(24)6)8-10-22-25-23(12-13-31-27(25)30)36(33-22)20-14-21(16-38-7)35(15-20)28(37)39-29(3,4)5/h9,11-13,17,19-21H,14-16H2,1-7H3,(H2,30,31)/t17?,19?,20-,21+/m0/s1. The number of anilines is 1. The number of nitrogens with zero attached hydrogens (tertiary/aromatic N) is 6. The van der Waals surface area contributed by atoms with Crippen molar-refractivity contribution < 1.29 is 14.3 Å². The summed E-state index contributed by atoms with van der Waals surface area (Å²) in [7, 11) is 3.67. The van der Waals surface area contributed by atoms with Gasteiger partial charge in [0.1, 0.15) is 22.9 Å². The van der Waals surface area contributed by atoms with Gasteiger partial charge in [-0.05, 0) is 52.2 Å². The topological polar surface area (TPSA) is 113 Å². The molecular formula is C29H37N7O3. The zero-order valence-electron chi connectivity index (χ0n) is 23.7. The van der Waals surface area contributed by atoms with E-state index >= 15 is 0 Å². The molecule has 2 N–H and O–H groups in total. The van der Waals surface area contributed by atoms with E-state index in [1.165, 1.54) is 0 Å². The zero-order chi connectivity index (χ0) is 28.1. The van der Waals surface area contributed by atoms with Gasteiger partial charge in [-0.25, -0.2) is 14.8 Å². The molecule has 1 saturated heterocycles. The minimum absolute atomic E-state index is 0.00915. The maximum absolute atomic E-state index is 13.0. The number of carbonyl (C=O) groups excluding carboxylic acids is 1. The molecule has 39 heavy (non-hydrogen) atoms. The first-order chi connectivity index (χ1) is 18.5. The molecule has 3 aromatic rings. The van der Waals surface area contributed by atoms with Crippen molar-refractivity contribution in [3.8, 4) is 11.8 Å². The molecule has 5 rings (SSSR count). The minimum atomic E-state index is -0.590. The number of methoxy groups -OCH3 is 1. The van der Waals surface area contributed by atoms with Crippen molar-refractivity contribution in [1.82, 2.24) is 29.2 Å². The van der Waals surface area contributed by atoms with Gasteiger partial charge in [-0.1, -0.05) is 18.9 Å². The Morgan fingerprint density at radius 1 is 1.31 bits per heavy atom. The highest BCUT2D eigenvalue weighted by atomic mass is 16.6. The summed E-state index contributed by atoms with van der Waals surface area (Å²) in [5, 5.41) is 5.65. The van der Waals surface area contributed by atoms with E-state index in [0.29, 0.717) is 31.1 Å². The number of carbonyl (C=O) groups is 1. The number of ether oxygens (including phenoxy) is 2. The predicted octanol–water partition coefficient (Wildman–Crippen LogP) is 4.05. The van der Waals surface area contributed by atoms with Gasteiger partial charge in [0, 0.05) is 38.7 Å². The summed E-state index contributed by atoms with van der Waals surface area (Å²) >= 11 is 0. The highest BCUT2D eigenvalue weighted by molar-refractivity contribution is 5.93. The van der Waals surface area contributed by atoms with E-state index in [4.69, 9.17) is 25.3 Å². The fraction of sp³-hybridized carbons (Fsp3) is 0.517. The molecule has 10 nitrogen and oxygen atoms in total. The quantitative estimate of drug-likeness (QED) is 0.507. The van der Waals surface area contributed by atoms with Gasteiger partial charge >= 0.3 is 6.09 Å². The van der Waals surface area contributed by atoms with Crippen molar-refractivity contribution in [3.05, 3.63) is 41.2 Å². The number of nitrogen functional groups attached to an aromatic ring is 1. The number of aryl methyl sites for hydroxylation is 1. The Balaban J connectivity index is 1.48. The molecule has 1 fully saturated rings. The lowest BCUT2D eigenvalue weighted by atomic mass is 9.86. The highest BCUT2D eigenvalue weighted by Gasteiger charge is 2.39. The van der Waals surface area contributed by atoms with E-state index < -0.39 is 5.60 Å². The van der Waals surface area contributed by atoms with Crippen LogP contribution in [-0.2, 0) is 16.5 Å². The summed E-state index contributed by atoms with van der Waals surface area (Å²) in [6.45, 7) is 10.6. The van der Waals surface area contributed by atoms with E-state index in [1.54, 1.807) is 18.2 Å². The lowest BCUT2D eigenvalue weighted by Gasteiger charge is -2.28. The summed E-state index contributed by atoms with van der Waals surface area (Å²) in [4.78, 5) is 23.8. The van der Waals surface area contributed by atoms with Crippen LogP contribution < -0.4 is 5.73 Å². The Kier molecular flexibility index (Phi) is 6.89. The monoisotopic (exact) mass is 531 g/mol. The molecular weight excluding hydrogens is 494 g/mol. The van der Waals surface area contributed by atoms with Gasteiger partial charge in [0.25, 0.3) is 0 Å². The average molecular weight is 532 g/mol. The maximum atomic E-state index is 13.0. The third-order valence-electron chi connectivity index (χ3n) is 7.56. The predicted molar refractivity (Wildman–Crippen MR) is 150 cm³/mol. The van der Waals surface area contributed by atoms with Gasteiger partial charge in [-0.15, -0.1) is 0 Å². The van der Waals surface area contributed by atoms with Crippen molar-refractivity contribution in [3.63, 3.8) is 0 Å². The number of hydrogen-bond donors (Lipinski definition) is 1. The normalized spacial score (nSPS) is 22.6. The number of pyridine rings is 1. The Hall–Kier alpha value is -3.84. The fourth-order valence-corrected chi connectivity index (χ4v) is 5.48. The van der Waals surface area contributed by atoms with E-state index in [9.17, 15) is 4.79 Å². The molecule has 1 aliphatic heterocycles. The smallest absolute Gasteiger partial charge is 0.410 e. The number of imidazole rings is 1. The van der Waals surface area contributed by atoms with Gasteiger partial charge in [0.15, 0.2) is 0 Å². The summed E-state index contributed by atoms with van der Waals surface area (Å²) in [6, 6.07) is 1.68. The number of amides is 1. The third kappa shape index (κ3) is 4.99. The molecule has 0 saturated carbocycles. The molecule has 206 valence electrons. The van der Waals surface area contributed by atoms with Crippen molar-refractivity contribution in [2.45, 2.75) is 64.6 Å². The van der Waals surface area contributed by atoms with Crippen molar-refractivity contribution in [2.75, 3.05) is 26.0 Å². The molecule has 3 aromatic heterocycles. The van der Waals surface area contributed by atoms with Gasteiger partial charge < -0.3 is 24.7 Å². The van der Waals surface area contributed by atoms with Gasteiger partial charge in [0.2, 0.25) is 0 Å². The van der Waals surface area contributed by atoms with E-state index in [1.807, 2.05) is 45.5 Å². The minimum Gasteiger partial charge on any atom is -0.444 e. The van der Waals surface area contributed by atoms with Gasteiger partial charge in [-0.3, -0.25) is 4.68 Å². The summed E-state index contributed by atoms with van der Waals surface area (Å²) in [5.41, 5.74) is 9.37. The molecule has 2 aliphatic rings. The second-order valence-electron chi connectivity index (χ2n) is 11.4. The van der Waals surface area contributed by atoms with Crippen molar-refractivity contribution in [1.29, 1.82) is 0 Å². The highest BCUT2D eigenvalue weighted by Crippen LogP contribution is 2.35. The Morgan fingerprint density at radius 2 is 2.08 bits per heavy atom. The fourth-order valence-electron chi connectivity index (χ4n) is 5.48.